The molecular formula is C14H21N3O2. The van der Waals surface area contributed by atoms with E-state index in [9.17, 15) is 0 Å². The SMILES string of the molecule is CC(CC(N)=NO)N(C)CC1COc2ccccc21. The van der Waals surface area contributed by atoms with Crippen molar-refractivity contribution in [2.75, 3.05) is 20.2 Å². The van der Waals surface area contributed by atoms with Crippen LogP contribution in [-0.4, -0.2) is 42.2 Å². The first kappa shape index (κ1) is 13.7. The summed E-state index contributed by atoms with van der Waals surface area (Å²) < 4.78 is 5.68. The largest absolute Gasteiger partial charge is 0.493 e. The fourth-order valence-corrected chi connectivity index (χ4v) is 2.41. The number of nitrogens with zero attached hydrogens (tertiary/aromatic N) is 2. The van der Waals surface area contributed by atoms with Gasteiger partial charge in [0, 0.05) is 30.5 Å². The smallest absolute Gasteiger partial charge is 0.140 e. The van der Waals surface area contributed by atoms with Crippen LogP contribution in [0.2, 0.25) is 0 Å². The molecule has 2 rings (SSSR count). The zero-order chi connectivity index (χ0) is 13.8. The Labute approximate surface area is 113 Å². The molecule has 104 valence electrons. The zero-order valence-electron chi connectivity index (χ0n) is 11.4. The minimum Gasteiger partial charge on any atom is -0.493 e. The summed E-state index contributed by atoms with van der Waals surface area (Å²) in [5.74, 6) is 1.64. The standard InChI is InChI=1S/C14H21N3O2/c1-10(7-14(15)16-18)17(2)8-11-9-19-13-6-4-3-5-12(11)13/h3-6,10-11,18H,7-9H2,1-2H3,(H2,15,16). The maximum absolute atomic E-state index is 8.60. The Kier molecular flexibility index (Phi) is 4.27. The molecule has 0 saturated heterocycles. The van der Waals surface area contributed by atoms with Crippen molar-refractivity contribution in [3.05, 3.63) is 29.8 Å². The van der Waals surface area contributed by atoms with Gasteiger partial charge in [0.15, 0.2) is 0 Å². The average molecular weight is 263 g/mol. The van der Waals surface area contributed by atoms with Crippen LogP contribution in [0.25, 0.3) is 0 Å². The van der Waals surface area contributed by atoms with Crippen molar-refractivity contribution in [1.82, 2.24) is 4.90 Å². The maximum Gasteiger partial charge on any atom is 0.140 e. The Balaban J connectivity index is 1.95. The Morgan fingerprint density at radius 2 is 2.32 bits per heavy atom. The number of nitrogens with two attached hydrogens (primary N) is 1. The summed E-state index contributed by atoms with van der Waals surface area (Å²) in [4.78, 5) is 2.22. The van der Waals surface area contributed by atoms with Crippen molar-refractivity contribution in [2.24, 2.45) is 10.9 Å². The van der Waals surface area contributed by atoms with E-state index in [0.29, 0.717) is 12.3 Å². The van der Waals surface area contributed by atoms with Crippen LogP contribution < -0.4 is 10.5 Å². The van der Waals surface area contributed by atoms with Crippen molar-refractivity contribution in [3.8, 4) is 5.75 Å². The van der Waals surface area contributed by atoms with E-state index in [-0.39, 0.29) is 11.9 Å². The minimum atomic E-state index is 0.226. The van der Waals surface area contributed by atoms with Gasteiger partial charge in [-0.15, -0.1) is 0 Å². The average Bonchev–Trinajstić information content (AvgIpc) is 2.82. The summed E-state index contributed by atoms with van der Waals surface area (Å²) in [7, 11) is 2.05. The number of hydrogen-bond donors (Lipinski definition) is 2. The second kappa shape index (κ2) is 5.93. The van der Waals surface area contributed by atoms with Gasteiger partial charge in [-0.3, -0.25) is 0 Å². The highest BCUT2D eigenvalue weighted by Gasteiger charge is 2.26. The number of para-hydroxylation sites is 1. The third-order valence-electron chi connectivity index (χ3n) is 3.69. The van der Waals surface area contributed by atoms with Crippen molar-refractivity contribution >= 4 is 5.84 Å². The molecule has 0 spiro atoms. The number of amidine groups is 1. The number of oxime groups is 1. The van der Waals surface area contributed by atoms with Crippen LogP contribution in [-0.2, 0) is 0 Å². The van der Waals surface area contributed by atoms with E-state index in [2.05, 4.69) is 30.1 Å². The molecule has 1 aromatic carbocycles. The maximum atomic E-state index is 8.60. The minimum absolute atomic E-state index is 0.226. The van der Waals surface area contributed by atoms with E-state index in [1.165, 1.54) is 5.56 Å². The molecule has 0 amide bonds. The summed E-state index contributed by atoms with van der Waals surface area (Å²) in [6.45, 7) is 3.69. The zero-order valence-corrected chi connectivity index (χ0v) is 11.4. The second-order valence-electron chi connectivity index (χ2n) is 5.13. The number of fused-ring (bicyclic) bond motifs is 1. The highest BCUT2D eigenvalue weighted by Crippen LogP contribution is 2.33. The molecule has 3 N–H and O–H groups in total. The highest BCUT2D eigenvalue weighted by atomic mass is 16.5. The van der Waals surface area contributed by atoms with Crippen LogP contribution in [0.15, 0.2) is 29.4 Å². The van der Waals surface area contributed by atoms with Crippen LogP contribution in [0.5, 0.6) is 5.75 Å². The van der Waals surface area contributed by atoms with E-state index in [0.717, 1.165) is 18.9 Å². The molecule has 0 saturated carbocycles. The molecule has 1 aromatic rings. The van der Waals surface area contributed by atoms with Gasteiger partial charge in [-0.1, -0.05) is 23.4 Å². The summed E-state index contributed by atoms with van der Waals surface area (Å²) in [6, 6.07) is 8.39. The predicted octanol–water partition coefficient (Wildman–Crippen LogP) is 1.62. The van der Waals surface area contributed by atoms with E-state index in [1.807, 2.05) is 18.2 Å². The van der Waals surface area contributed by atoms with Gasteiger partial charge in [0.05, 0.1) is 6.61 Å². The van der Waals surface area contributed by atoms with Gasteiger partial charge >= 0.3 is 0 Å². The lowest BCUT2D eigenvalue weighted by molar-refractivity contribution is 0.224. The van der Waals surface area contributed by atoms with E-state index >= 15 is 0 Å². The number of ether oxygens (including phenoxy) is 1. The highest BCUT2D eigenvalue weighted by molar-refractivity contribution is 5.80. The summed E-state index contributed by atoms with van der Waals surface area (Å²) in [5, 5.41) is 11.6. The van der Waals surface area contributed by atoms with E-state index < -0.39 is 0 Å². The predicted molar refractivity (Wildman–Crippen MR) is 74.8 cm³/mol. The third kappa shape index (κ3) is 3.17. The Hall–Kier alpha value is -1.75. The van der Waals surface area contributed by atoms with Gasteiger partial charge in [-0.25, -0.2) is 0 Å². The molecule has 1 aliphatic rings. The topological polar surface area (TPSA) is 71.1 Å². The van der Waals surface area contributed by atoms with E-state index in [1.54, 1.807) is 0 Å². The lowest BCUT2D eigenvalue weighted by Gasteiger charge is -2.26. The van der Waals surface area contributed by atoms with Crippen LogP contribution in [0.3, 0.4) is 0 Å². The monoisotopic (exact) mass is 263 g/mol. The number of hydrogen-bond acceptors (Lipinski definition) is 4. The molecule has 2 unspecified atom stereocenters. The summed E-state index contributed by atoms with van der Waals surface area (Å²) >= 11 is 0. The molecule has 2 atom stereocenters. The molecule has 0 aliphatic carbocycles. The molecular weight excluding hydrogens is 242 g/mol. The molecule has 1 heterocycles. The molecule has 0 aromatic heterocycles. The molecule has 0 fully saturated rings. The van der Waals surface area contributed by atoms with Gasteiger partial charge in [0.2, 0.25) is 0 Å². The second-order valence-corrected chi connectivity index (χ2v) is 5.13. The molecule has 0 radical (unpaired) electrons. The van der Waals surface area contributed by atoms with Gasteiger partial charge in [-0.2, -0.15) is 0 Å². The molecule has 5 nitrogen and oxygen atoms in total. The van der Waals surface area contributed by atoms with Crippen LogP contribution in [0.4, 0.5) is 0 Å². The normalized spacial score (nSPS) is 20.2. The van der Waals surface area contributed by atoms with Crippen molar-refractivity contribution in [2.45, 2.75) is 25.3 Å². The van der Waals surface area contributed by atoms with Crippen LogP contribution in [0, 0.1) is 0 Å². The van der Waals surface area contributed by atoms with Crippen molar-refractivity contribution in [3.63, 3.8) is 0 Å². The fourth-order valence-electron chi connectivity index (χ4n) is 2.41. The first-order chi connectivity index (χ1) is 9.11. The fraction of sp³-hybridized carbons (Fsp3) is 0.500. The summed E-state index contributed by atoms with van der Waals surface area (Å²) in [5.41, 5.74) is 6.81. The quantitative estimate of drug-likeness (QED) is 0.366. The third-order valence-corrected chi connectivity index (χ3v) is 3.69. The van der Waals surface area contributed by atoms with Crippen LogP contribution in [0.1, 0.15) is 24.8 Å². The Morgan fingerprint density at radius 1 is 1.58 bits per heavy atom. The lowest BCUT2D eigenvalue weighted by atomic mass is 10.00. The Bertz CT molecular complexity index is 462. The Morgan fingerprint density at radius 3 is 3.05 bits per heavy atom. The molecule has 0 bridgehead atoms. The van der Waals surface area contributed by atoms with Crippen molar-refractivity contribution in [1.29, 1.82) is 0 Å². The van der Waals surface area contributed by atoms with Crippen molar-refractivity contribution < 1.29 is 9.94 Å². The number of benzene rings is 1. The van der Waals surface area contributed by atoms with Gasteiger partial charge in [-0.05, 0) is 20.0 Å². The molecule has 1 aliphatic heterocycles. The first-order valence-corrected chi connectivity index (χ1v) is 6.50. The van der Waals surface area contributed by atoms with Gasteiger partial charge < -0.3 is 20.6 Å². The molecule has 5 heteroatoms. The van der Waals surface area contributed by atoms with Gasteiger partial charge in [0.1, 0.15) is 11.6 Å². The van der Waals surface area contributed by atoms with E-state index in [4.69, 9.17) is 15.7 Å². The lowest BCUT2D eigenvalue weighted by Crippen LogP contribution is -2.36. The first-order valence-electron chi connectivity index (χ1n) is 6.50. The van der Waals surface area contributed by atoms with Gasteiger partial charge in [0.25, 0.3) is 0 Å². The molecule has 19 heavy (non-hydrogen) atoms. The number of likely N-dealkylation sites (N-methyl/N-ethyl adjacent to an activating group) is 1. The van der Waals surface area contributed by atoms with Crippen LogP contribution >= 0.6 is 0 Å². The number of rotatable bonds is 5. The summed E-state index contributed by atoms with van der Waals surface area (Å²) in [6.07, 6.45) is 0.558.